The second-order valence-corrected chi connectivity index (χ2v) is 8.55. The lowest BCUT2D eigenvalue weighted by Crippen LogP contribution is -2.43. The molecule has 5 heteroatoms. The standard InChI is InChI=1S/C26H24N2O2S/c1-19-8-7-11-21(16-19)14-15-27-25(29)18-28-22-12-5-6-13-23(22)31-24(26(28)30)17-20-9-3-2-4-10-20/h2-13,16-17H,14-15,18H2,1H3,(H,27,29). The third-order valence-electron chi connectivity index (χ3n) is 5.05. The first kappa shape index (κ1) is 20.9. The average molecular weight is 429 g/mol. The maximum Gasteiger partial charge on any atom is 0.265 e. The first-order valence-electron chi connectivity index (χ1n) is 10.3. The Morgan fingerprint density at radius 2 is 1.77 bits per heavy atom. The Labute approximate surface area is 187 Å². The minimum atomic E-state index is -0.165. The minimum Gasteiger partial charge on any atom is -0.354 e. The second-order valence-electron chi connectivity index (χ2n) is 7.47. The van der Waals surface area contributed by atoms with E-state index in [1.807, 2.05) is 66.7 Å². The van der Waals surface area contributed by atoms with Crippen molar-refractivity contribution >= 4 is 35.3 Å². The smallest absolute Gasteiger partial charge is 0.265 e. The normalized spacial score (nSPS) is 14.4. The molecule has 31 heavy (non-hydrogen) atoms. The molecule has 0 radical (unpaired) electrons. The van der Waals surface area contributed by atoms with Crippen molar-refractivity contribution in [1.82, 2.24) is 5.32 Å². The van der Waals surface area contributed by atoms with Gasteiger partial charge in [-0.15, -0.1) is 0 Å². The predicted molar refractivity (Wildman–Crippen MR) is 127 cm³/mol. The Bertz CT molecular complexity index is 1130. The van der Waals surface area contributed by atoms with Crippen LogP contribution in [0, 0.1) is 6.92 Å². The molecule has 2 amide bonds. The summed E-state index contributed by atoms with van der Waals surface area (Å²) in [5.74, 6) is -0.317. The van der Waals surface area contributed by atoms with Crippen molar-refractivity contribution in [3.8, 4) is 0 Å². The number of carbonyl (C=O) groups is 2. The zero-order chi connectivity index (χ0) is 21.6. The number of fused-ring (bicyclic) bond motifs is 1. The van der Waals surface area contributed by atoms with E-state index in [0.717, 1.165) is 22.6 Å². The Kier molecular flexibility index (Phi) is 6.53. The van der Waals surface area contributed by atoms with E-state index in [9.17, 15) is 9.59 Å². The predicted octanol–water partition coefficient (Wildman–Crippen LogP) is 4.83. The summed E-state index contributed by atoms with van der Waals surface area (Å²) in [6, 6.07) is 25.7. The van der Waals surface area contributed by atoms with E-state index in [0.29, 0.717) is 11.4 Å². The van der Waals surface area contributed by atoms with Gasteiger partial charge in [0.05, 0.1) is 10.6 Å². The van der Waals surface area contributed by atoms with Gasteiger partial charge in [0, 0.05) is 11.4 Å². The molecule has 4 nitrogen and oxygen atoms in total. The van der Waals surface area contributed by atoms with Crippen LogP contribution in [0.25, 0.3) is 6.08 Å². The molecule has 1 heterocycles. The number of nitrogens with zero attached hydrogens (tertiary/aromatic N) is 1. The summed E-state index contributed by atoms with van der Waals surface area (Å²) in [5.41, 5.74) is 4.12. The monoisotopic (exact) mass is 428 g/mol. The number of para-hydroxylation sites is 1. The van der Waals surface area contributed by atoms with Crippen LogP contribution in [0.4, 0.5) is 5.69 Å². The summed E-state index contributed by atoms with van der Waals surface area (Å²) in [5, 5.41) is 2.95. The molecule has 0 spiro atoms. The second kappa shape index (κ2) is 9.67. The van der Waals surface area contributed by atoms with Crippen molar-refractivity contribution in [3.63, 3.8) is 0 Å². The Hall–Kier alpha value is -3.31. The van der Waals surface area contributed by atoms with Crippen molar-refractivity contribution in [1.29, 1.82) is 0 Å². The molecule has 0 atom stereocenters. The largest absolute Gasteiger partial charge is 0.354 e. The van der Waals surface area contributed by atoms with Crippen molar-refractivity contribution in [2.75, 3.05) is 18.0 Å². The number of carbonyl (C=O) groups excluding carboxylic acids is 2. The van der Waals surface area contributed by atoms with E-state index in [4.69, 9.17) is 0 Å². The molecule has 0 saturated carbocycles. The van der Waals surface area contributed by atoms with Gasteiger partial charge in [0.15, 0.2) is 0 Å². The molecule has 3 aromatic carbocycles. The molecule has 0 fully saturated rings. The van der Waals surface area contributed by atoms with Gasteiger partial charge in [0.25, 0.3) is 5.91 Å². The van der Waals surface area contributed by atoms with E-state index in [1.54, 1.807) is 4.90 Å². The maximum absolute atomic E-state index is 13.2. The number of nitrogens with one attached hydrogen (secondary N) is 1. The average Bonchev–Trinajstić information content (AvgIpc) is 2.77. The van der Waals surface area contributed by atoms with Gasteiger partial charge in [-0.3, -0.25) is 14.5 Å². The third kappa shape index (κ3) is 5.25. The highest BCUT2D eigenvalue weighted by molar-refractivity contribution is 8.04. The van der Waals surface area contributed by atoms with Crippen LogP contribution in [0.2, 0.25) is 0 Å². The molecule has 0 bridgehead atoms. The Balaban J connectivity index is 1.47. The van der Waals surface area contributed by atoms with E-state index >= 15 is 0 Å². The number of anilines is 1. The number of thioether (sulfide) groups is 1. The third-order valence-corrected chi connectivity index (χ3v) is 6.13. The fraction of sp³-hybridized carbons (Fsp3) is 0.154. The number of amides is 2. The lowest BCUT2D eigenvalue weighted by atomic mass is 10.1. The van der Waals surface area contributed by atoms with Crippen LogP contribution in [0.3, 0.4) is 0 Å². The van der Waals surface area contributed by atoms with Gasteiger partial charge < -0.3 is 5.32 Å². The number of aryl methyl sites for hydroxylation is 1. The van der Waals surface area contributed by atoms with E-state index in [-0.39, 0.29) is 18.4 Å². The number of hydrogen-bond donors (Lipinski definition) is 1. The highest BCUT2D eigenvalue weighted by Gasteiger charge is 2.30. The van der Waals surface area contributed by atoms with Gasteiger partial charge in [-0.05, 0) is 42.7 Å². The summed E-state index contributed by atoms with van der Waals surface area (Å²) in [4.78, 5) is 29.0. The molecule has 0 unspecified atom stereocenters. The van der Waals surface area contributed by atoms with E-state index in [2.05, 4.69) is 30.4 Å². The highest BCUT2D eigenvalue weighted by Crippen LogP contribution is 2.41. The summed E-state index contributed by atoms with van der Waals surface area (Å²) in [6.45, 7) is 2.59. The van der Waals surface area contributed by atoms with Gasteiger partial charge in [-0.2, -0.15) is 0 Å². The molecular weight excluding hydrogens is 404 g/mol. The fourth-order valence-corrected chi connectivity index (χ4v) is 4.59. The number of hydrogen-bond acceptors (Lipinski definition) is 3. The van der Waals surface area contributed by atoms with Crippen molar-refractivity contribution in [2.24, 2.45) is 0 Å². The quantitative estimate of drug-likeness (QED) is 0.572. The lowest BCUT2D eigenvalue weighted by Gasteiger charge is -2.29. The van der Waals surface area contributed by atoms with Gasteiger partial charge in [0.2, 0.25) is 5.91 Å². The minimum absolute atomic E-state index is 0.00362. The molecule has 3 aromatic rings. The first-order chi connectivity index (χ1) is 15.1. The van der Waals surface area contributed by atoms with Gasteiger partial charge >= 0.3 is 0 Å². The van der Waals surface area contributed by atoms with Crippen LogP contribution >= 0.6 is 11.8 Å². The molecular formula is C26H24N2O2S. The van der Waals surface area contributed by atoms with Crippen molar-refractivity contribution in [3.05, 3.63) is 100 Å². The van der Waals surface area contributed by atoms with E-state index in [1.165, 1.54) is 22.9 Å². The SMILES string of the molecule is Cc1cccc(CCNC(=O)CN2C(=O)C(=Cc3ccccc3)Sc3ccccc32)c1. The zero-order valence-electron chi connectivity index (χ0n) is 17.4. The molecule has 0 aliphatic carbocycles. The van der Waals surface area contributed by atoms with Gasteiger partial charge in [-0.25, -0.2) is 0 Å². The molecule has 0 saturated heterocycles. The van der Waals surface area contributed by atoms with E-state index < -0.39 is 0 Å². The van der Waals surface area contributed by atoms with Crippen LogP contribution in [0.5, 0.6) is 0 Å². The maximum atomic E-state index is 13.2. The summed E-state index contributed by atoms with van der Waals surface area (Å²) >= 11 is 1.45. The summed E-state index contributed by atoms with van der Waals surface area (Å²) in [6.07, 6.45) is 2.64. The molecule has 1 aliphatic heterocycles. The lowest BCUT2D eigenvalue weighted by molar-refractivity contribution is -0.122. The van der Waals surface area contributed by atoms with Crippen LogP contribution in [-0.2, 0) is 16.0 Å². The molecule has 0 aromatic heterocycles. The van der Waals surface area contributed by atoms with Crippen molar-refractivity contribution < 1.29 is 9.59 Å². The van der Waals surface area contributed by atoms with Crippen LogP contribution in [0.1, 0.15) is 16.7 Å². The van der Waals surface area contributed by atoms with Gasteiger partial charge in [0.1, 0.15) is 6.54 Å². The molecule has 156 valence electrons. The summed E-state index contributed by atoms with van der Waals surface area (Å²) in [7, 11) is 0. The van der Waals surface area contributed by atoms with Crippen LogP contribution in [0.15, 0.2) is 88.7 Å². The highest BCUT2D eigenvalue weighted by atomic mass is 32.2. The fourth-order valence-electron chi connectivity index (χ4n) is 3.53. The zero-order valence-corrected chi connectivity index (χ0v) is 18.2. The molecule has 1 aliphatic rings. The number of benzene rings is 3. The summed E-state index contributed by atoms with van der Waals surface area (Å²) < 4.78 is 0. The molecule has 4 rings (SSSR count). The van der Waals surface area contributed by atoms with Crippen LogP contribution in [-0.4, -0.2) is 24.9 Å². The van der Waals surface area contributed by atoms with Crippen LogP contribution < -0.4 is 10.2 Å². The number of rotatable bonds is 6. The van der Waals surface area contributed by atoms with Gasteiger partial charge in [-0.1, -0.05) is 84.1 Å². The van der Waals surface area contributed by atoms with Crippen molar-refractivity contribution in [2.45, 2.75) is 18.2 Å². The Morgan fingerprint density at radius 1 is 1.00 bits per heavy atom. The Morgan fingerprint density at radius 3 is 2.58 bits per heavy atom. The molecule has 1 N–H and O–H groups in total. The topological polar surface area (TPSA) is 49.4 Å². The first-order valence-corrected chi connectivity index (χ1v) is 11.1.